The first kappa shape index (κ1) is 36.8. The molecule has 2 fully saturated rings. The highest BCUT2D eigenvalue weighted by molar-refractivity contribution is 6.30. The zero-order valence-electron chi connectivity index (χ0n) is 24.2. The molecule has 0 radical (unpaired) electrons. The Balaban J connectivity index is 0.000000360. The topological polar surface area (TPSA) is 152 Å². The smallest absolute Gasteiger partial charge is 0.475 e. The van der Waals surface area contributed by atoms with Gasteiger partial charge < -0.3 is 30.6 Å². The van der Waals surface area contributed by atoms with Gasteiger partial charge in [-0.1, -0.05) is 29.8 Å². The number of alkyl halides is 6. The molecule has 1 aromatic heterocycles. The number of amides is 2. The summed E-state index contributed by atoms with van der Waals surface area (Å²) in [6.07, 6.45) is -7.07. The monoisotopic (exact) mass is 691 g/mol. The number of benzene rings is 2. The van der Waals surface area contributed by atoms with Gasteiger partial charge >= 0.3 is 24.3 Å². The van der Waals surface area contributed by atoms with E-state index in [2.05, 4.69) is 25.4 Å². The van der Waals surface area contributed by atoms with Gasteiger partial charge in [-0.05, 0) is 49.2 Å². The molecule has 2 amide bonds. The molecule has 47 heavy (non-hydrogen) atoms. The van der Waals surface area contributed by atoms with Gasteiger partial charge in [0, 0.05) is 48.5 Å². The van der Waals surface area contributed by atoms with E-state index >= 15 is 0 Å². The maximum atomic E-state index is 12.8. The summed E-state index contributed by atoms with van der Waals surface area (Å²) in [5, 5.41) is 21.9. The maximum Gasteiger partial charge on any atom is 0.490 e. The SMILES string of the molecule is O=C(NCCN1CCC2(CC1)C(=O)NCN2c1ccc(Cl)cc1)c1cnc2ccccc2c1.O=C(O)C(F)(F)F.O=C(O)C(F)(F)F. The molecule has 2 aliphatic heterocycles. The second-order valence-electron chi connectivity index (χ2n) is 10.2. The Morgan fingerprint density at radius 3 is 2.04 bits per heavy atom. The summed E-state index contributed by atoms with van der Waals surface area (Å²) in [7, 11) is 0. The van der Waals surface area contributed by atoms with E-state index < -0.39 is 29.8 Å². The first-order chi connectivity index (χ1) is 21.9. The third-order valence-electron chi connectivity index (χ3n) is 7.21. The summed E-state index contributed by atoms with van der Waals surface area (Å²) in [6, 6.07) is 17.3. The van der Waals surface area contributed by atoms with Crippen molar-refractivity contribution in [2.24, 2.45) is 0 Å². The summed E-state index contributed by atoms with van der Waals surface area (Å²) >= 11 is 6.04. The minimum Gasteiger partial charge on any atom is -0.475 e. The van der Waals surface area contributed by atoms with Crippen LogP contribution in [0.3, 0.4) is 0 Å². The van der Waals surface area contributed by atoms with Gasteiger partial charge in [0.1, 0.15) is 5.54 Å². The fraction of sp³-hybridized carbons (Fsp3) is 0.345. The van der Waals surface area contributed by atoms with Gasteiger partial charge in [0.25, 0.3) is 5.91 Å². The van der Waals surface area contributed by atoms with Crippen LogP contribution in [-0.4, -0.2) is 94.6 Å². The molecule has 3 aromatic rings. The molecule has 0 aliphatic carbocycles. The van der Waals surface area contributed by atoms with E-state index in [1.807, 2.05) is 54.6 Å². The molecular weight excluding hydrogens is 664 g/mol. The summed E-state index contributed by atoms with van der Waals surface area (Å²) < 4.78 is 63.5. The number of hydrogen-bond donors (Lipinski definition) is 4. The number of aromatic nitrogens is 1. The van der Waals surface area contributed by atoms with Gasteiger partial charge in [0.15, 0.2) is 0 Å². The zero-order valence-corrected chi connectivity index (χ0v) is 25.0. The van der Waals surface area contributed by atoms with Crippen LogP contribution < -0.4 is 15.5 Å². The summed E-state index contributed by atoms with van der Waals surface area (Å²) in [5.74, 6) is -5.54. The number of pyridine rings is 1. The molecule has 0 saturated carbocycles. The lowest BCUT2D eigenvalue weighted by Gasteiger charge is -2.43. The predicted octanol–water partition coefficient (Wildman–Crippen LogP) is 4.31. The van der Waals surface area contributed by atoms with Gasteiger partial charge in [0.2, 0.25) is 5.91 Å². The fourth-order valence-corrected chi connectivity index (χ4v) is 4.94. The van der Waals surface area contributed by atoms with E-state index in [0.29, 0.717) is 23.8 Å². The number of anilines is 1. The van der Waals surface area contributed by atoms with Crippen molar-refractivity contribution in [1.82, 2.24) is 20.5 Å². The second kappa shape index (κ2) is 15.3. The van der Waals surface area contributed by atoms with Gasteiger partial charge in [0.05, 0.1) is 17.7 Å². The average Bonchev–Trinajstić information content (AvgIpc) is 3.32. The van der Waals surface area contributed by atoms with Crippen LogP contribution >= 0.6 is 11.6 Å². The number of carboxylic acids is 2. The van der Waals surface area contributed by atoms with Crippen molar-refractivity contribution in [1.29, 1.82) is 0 Å². The Bertz CT molecular complexity index is 1560. The molecular formula is C29H28ClF6N5O6. The molecule has 5 rings (SSSR count). The largest absolute Gasteiger partial charge is 0.490 e. The minimum absolute atomic E-state index is 0.0919. The lowest BCUT2D eigenvalue weighted by atomic mass is 9.85. The number of fused-ring (bicyclic) bond motifs is 1. The normalized spacial score (nSPS) is 16.0. The summed E-state index contributed by atoms with van der Waals surface area (Å²) in [5.41, 5.74) is 1.92. The number of nitrogens with one attached hydrogen (secondary N) is 2. The van der Waals surface area contributed by atoms with Crippen molar-refractivity contribution in [3.63, 3.8) is 0 Å². The molecule has 4 N–H and O–H groups in total. The third kappa shape index (κ3) is 9.92. The number of rotatable bonds is 5. The lowest BCUT2D eigenvalue weighted by Crippen LogP contribution is -2.57. The number of halogens is 7. The van der Waals surface area contributed by atoms with Crippen molar-refractivity contribution in [2.45, 2.75) is 30.7 Å². The van der Waals surface area contributed by atoms with E-state index in [-0.39, 0.29) is 11.8 Å². The third-order valence-corrected chi connectivity index (χ3v) is 7.46. The Morgan fingerprint density at radius 1 is 0.936 bits per heavy atom. The van der Waals surface area contributed by atoms with Crippen LogP contribution in [0.4, 0.5) is 32.0 Å². The van der Waals surface area contributed by atoms with Crippen molar-refractivity contribution in [3.05, 3.63) is 71.4 Å². The highest BCUT2D eigenvalue weighted by atomic mass is 35.5. The van der Waals surface area contributed by atoms with Gasteiger partial charge in [-0.3, -0.25) is 14.6 Å². The average molecular weight is 692 g/mol. The number of likely N-dealkylation sites (tertiary alicyclic amines) is 1. The fourth-order valence-electron chi connectivity index (χ4n) is 4.82. The van der Waals surface area contributed by atoms with E-state index in [1.54, 1.807) is 6.20 Å². The first-order valence-electron chi connectivity index (χ1n) is 13.7. The predicted molar refractivity (Wildman–Crippen MR) is 157 cm³/mol. The first-order valence-corrected chi connectivity index (χ1v) is 14.1. The Kier molecular flexibility index (Phi) is 12.0. The zero-order chi connectivity index (χ0) is 35.0. The molecule has 0 bridgehead atoms. The number of para-hydroxylation sites is 1. The van der Waals surface area contributed by atoms with Crippen LogP contribution in [0.5, 0.6) is 0 Å². The molecule has 2 aromatic carbocycles. The molecule has 0 unspecified atom stereocenters. The number of carbonyl (C=O) groups is 4. The molecule has 0 atom stereocenters. The van der Waals surface area contributed by atoms with Crippen LogP contribution in [0.1, 0.15) is 23.2 Å². The van der Waals surface area contributed by atoms with Crippen LogP contribution in [0.2, 0.25) is 5.02 Å². The molecule has 18 heteroatoms. The molecule has 254 valence electrons. The van der Waals surface area contributed by atoms with Gasteiger partial charge in [-0.2, -0.15) is 26.3 Å². The Labute approximate surface area is 268 Å². The summed E-state index contributed by atoms with van der Waals surface area (Å²) in [4.78, 5) is 52.0. The van der Waals surface area contributed by atoms with Gasteiger partial charge in [-0.25, -0.2) is 9.59 Å². The number of carbonyl (C=O) groups excluding carboxylic acids is 2. The van der Waals surface area contributed by atoms with Crippen LogP contribution in [-0.2, 0) is 14.4 Å². The van der Waals surface area contributed by atoms with Crippen LogP contribution in [0.25, 0.3) is 10.9 Å². The highest BCUT2D eigenvalue weighted by Crippen LogP contribution is 2.36. The molecule has 11 nitrogen and oxygen atoms in total. The maximum absolute atomic E-state index is 12.8. The number of hydrogen-bond acceptors (Lipinski definition) is 7. The number of nitrogens with zero attached hydrogens (tertiary/aromatic N) is 3. The minimum atomic E-state index is -5.08. The standard InChI is InChI=1S/C25H26ClN5O2.2C2HF3O2/c26-20-5-7-21(8-6-20)31-17-29-24(33)25(31)9-12-30(13-10-25)14-11-27-23(32)19-15-18-3-1-2-4-22(18)28-16-19;2*3-2(4,5)1(6)7/h1-8,15-16H,9-14,17H2,(H,27,32)(H,29,33);2*(H,6,7). The van der Waals surface area contributed by atoms with E-state index in [9.17, 15) is 35.9 Å². The lowest BCUT2D eigenvalue weighted by molar-refractivity contribution is -0.193. The molecule has 2 aliphatic rings. The van der Waals surface area contributed by atoms with E-state index in [4.69, 9.17) is 31.4 Å². The molecule has 3 heterocycles. The number of carboxylic acid groups (broad SMARTS) is 2. The van der Waals surface area contributed by atoms with Crippen molar-refractivity contribution < 1.29 is 55.7 Å². The van der Waals surface area contributed by atoms with E-state index in [0.717, 1.165) is 49.1 Å². The van der Waals surface area contributed by atoms with Crippen molar-refractivity contribution >= 4 is 51.9 Å². The summed E-state index contributed by atoms with van der Waals surface area (Å²) in [6.45, 7) is 3.39. The number of aliphatic carboxylic acids is 2. The van der Waals surface area contributed by atoms with Crippen LogP contribution in [0, 0.1) is 0 Å². The van der Waals surface area contributed by atoms with E-state index in [1.165, 1.54) is 0 Å². The van der Waals surface area contributed by atoms with Crippen molar-refractivity contribution in [2.75, 3.05) is 37.7 Å². The van der Waals surface area contributed by atoms with Crippen LogP contribution in [0.15, 0.2) is 60.8 Å². The molecule has 1 spiro atoms. The Morgan fingerprint density at radius 2 is 1.49 bits per heavy atom. The second-order valence-corrected chi connectivity index (χ2v) is 10.7. The quantitative estimate of drug-likeness (QED) is 0.287. The number of piperidine rings is 1. The van der Waals surface area contributed by atoms with Gasteiger partial charge in [-0.15, -0.1) is 0 Å². The highest BCUT2D eigenvalue weighted by Gasteiger charge is 2.50. The van der Waals surface area contributed by atoms with Crippen molar-refractivity contribution in [3.8, 4) is 0 Å². The molecule has 2 saturated heterocycles. The Hall–Kier alpha value is -4.64.